The molecule has 0 spiro atoms. The molecule has 0 unspecified atom stereocenters. The second-order valence-corrected chi connectivity index (χ2v) is 9.15. The van der Waals surface area contributed by atoms with E-state index >= 15 is 0 Å². The van der Waals surface area contributed by atoms with E-state index < -0.39 is 16.1 Å². The molecule has 6 nitrogen and oxygen atoms in total. The Kier molecular flexibility index (Phi) is 5.89. The van der Waals surface area contributed by atoms with Crippen LogP contribution in [0.5, 0.6) is 11.5 Å². The Bertz CT molecular complexity index is 1230. The van der Waals surface area contributed by atoms with Crippen LogP contribution in [0.1, 0.15) is 23.6 Å². The summed E-state index contributed by atoms with van der Waals surface area (Å²) >= 11 is 6.44. The normalized spacial score (nSPS) is 16.2. The smallest absolute Gasteiger partial charge is 0.279 e. The lowest BCUT2D eigenvalue weighted by Gasteiger charge is -2.24. The number of benzene rings is 3. The first-order chi connectivity index (χ1) is 15.0. The average molecular weight is 457 g/mol. The van der Waals surface area contributed by atoms with Gasteiger partial charge in [-0.2, -0.15) is 17.9 Å². The van der Waals surface area contributed by atoms with Gasteiger partial charge in [0.2, 0.25) is 0 Å². The van der Waals surface area contributed by atoms with Gasteiger partial charge >= 0.3 is 0 Å². The highest BCUT2D eigenvalue weighted by atomic mass is 35.5. The number of methoxy groups -OCH3 is 2. The molecule has 0 fully saturated rings. The van der Waals surface area contributed by atoms with Gasteiger partial charge in [0.15, 0.2) is 11.5 Å². The van der Waals surface area contributed by atoms with Gasteiger partial charge in [-0.05, 0) is 42.0 Å². The fraction of sp³-hybridized carbons (Fsp3) is 0.174. The molecular formula is C23H21ClN2O4S. The molecule has 0 amide bonds. The summed E-state index contributed by atoms with van der Waals surface area (Å²) in [7, 11) is -0.777. The van der Waals surface area contributed by atoms with Crippen molar-refractivity contribution in [3.63, 3.8) is 0 Å². The lowest BCUT2D eigenvalue weighted by Crippen LogP contribution is -2.27. The maximum absolute atomic E-state index is 13.5. The number of hydrazone groups is 1. The quantitative estimate of drug-likeness (QED) is 0.529. The van der Waals surface area contributed by atoms with E-state index in [1.807, 2.05) is 24.3 Å². The zero-order chi connectivity index (χ0) is 22.0. The Hall–Kier alpha value is -3.03. The Morgan fingerprint density at radius 3 is 2.29 bits per heavy atom. The van der Waals surface area contributed by atoms with Crippen LogP contribution < -0.4 is 9.47 Å². The third-order valence-electron chi connectivity index (χ3n) is 5.14. The molecule has 1 aliphatic heterocycles. The molecule has 0 saturated carbocycles. The van der Waals surface area contributed by atoms with Crippen LogP contribution in [0, 0.1) is 0 Å². The van der Waals surface area contributed by atoms with Crippen LogP contribution >= 0.6 is 11.6 Å². The van der Waals surface area contributed by atoms with Crippen molar-refractivity contribution in [1.29, 1.82) is 0 Å². The number of rotatable bonds is 6. The largest absolute Gasteiger partial charge is 0.493 e. The van der Waals surface area contributed by atoms with E-state index in [9.17, 15) is 8.42 Å². The molecule has 4 rings (SSSR count). The molecule has 1 aliphatic rings. The predicted molar refractivity (Wildman–Crippen MR) is 120 cm³/mol. The molecule has 0 bridgehead atoms. The van der Waals surface area contributed by atoms with Crippen molar-refractivity contribution in [3.8, 4) is 11.5 Å². The van der Waals surface area contributed by atoms with Crippen molar-refractivity contribution in [2.24, 2.45) is 5.10 Å². The van der Waals surface area contributed by atoms with Crippen molar-refractivity contribution in [2.75, 3.05) is 14.2 Å². The first-order valence-electron chi connectivity index (χ1n) is 9.59. The molecule has 3 aromatic rings. The molecule has 0 aromatic heterocycles. The molecule has 0 saturated heterocycles. The minimum Gasteiger partial charge on any atom is -0.493 e. The third-order valence-corrected chi connectivity index (χ3v) is 7.18. The Morgan fingerprint density at radius 2 is 1.61 bits per heavy atom. The standard InChI is InChI=1S/C23H21ClN2O4S/c1-29-22-13-12-16(14-23(22)30-2)20-15-21(18-10-6-7-11-19(18)24)26(25-20)31(27,28)17-8-4-3-5-9-17/h3-14,21H,15H2,1-2H3/t21-/m1/s1. The molecule has 3 aromatic carbocycles. The molecule has 31 heavy (non-hydrogen) atoms. The minimum atomic E-state index is -3.89. The van der Waals surface area contributed by atoms with Crippen LogP contribution in [0.4, 0.5) is 0 Å². The van der Waals surface area contributed by atoms with Crippen LogP contribution in [0.15, 0.2) is 82.8 Å². The van der Waals surface area contributed by atoms with E-state index in [0.29, 0.717) is 34.2 Å². The molecule has 0 radical (unpaired) electrons. The molecule has 1 atom stereocenters. The topological polar surface area (TPSA) is 68.2 Å². The highest BCUT2D eigenvalue weighted by Gasteiger charge is 2.38. The summed E-state index contributed by atoms with van der Waals surface area (Å²) in [6.45, 7) is 0. The van der Waals surface area contributed by atoms with Gasteiger partial charge in [0.1, 0.15) is 0 Å². The maximum Gasteiger partial charge on any atom is 0.279 e. The number of hydrogen-bond acceptors (Lipinski definition) is 5. The summed E-state index contributed by atoms with van der Waals surface area (Å²) in [6.07, 6.45) is 0.366. The zero-order valence-electron chi connectivity index (χ0n) is 17.0. The molecule has 8 heteroatoms. The van der Waals surface area contributed by atoms with Gasteiger partial charge in [0, 0.05) is 17.0 Å². The average Bonchev–Trinajstić information content (AvgIpc) is 3.25. The lowest BCUT2D eigenvalue weighted by atomic mass is 9.99. The van der Waals surface area contributed by atoms with Gasteiger partial charge < -0.3 is 9.47 Å². The van der Waals surface area contributed by atoms with E-state index in [1.54, 1.807) is 62.8 Å². The van der Waals surface area contributed by atoms with E-state index in [-0.39, 0.29) is 4.90 Å². The highest BCUT2D eigenvalue weighted by molar-refractivity contribution is 7.89. The summed E-state index contributed by atoms with van der Waals surface area (Å²) < 4.78 is 38.8. The van der Waals surface area contributed by atoms with E-state index in [0.717, 1.165) is 9.98 Å². The first-order valence-corrected chi connectivity index (χ1v) is 11.4. The lowest BCUT2D eigenvalue weighted by molar-refractivity contribution is 0.355. The van der Waals surface area contributed by atoms with Crippen LogP contribution in [-0.2, 0) is 10.0 Å². The second kappa shape index (κ2) is 8.61. The zero-order valence-corrected chi connectivity index (χ0v) is 18.6. The number of sulfonamides is 1. The second-order valence-electron chi connectivity index (χ2n) is 6.95. The van der Waals surface area contributed by atoms with E-state index in [1.165, 1.54) is 0 Å². The molecule has 1 heterocycles. The number of ether oxygens (including phenoxy) is 2. The maximum atomic E-state index is 13.5. The van der Waals surface area contributed by atoms with Gasteiger partial charge in [-0.3, -0.25) is 0 Å². The fourth-order valence-corrected chi connectivity index (χ4v) is 5.29. The van der Waals surface area contributed by atoms with Gasteiger partial charge in [0.05, 0.1) is 30.9 Å². The van der Waals surface area contributed by atoms with E-state index in [4.69, 9.17) is 21.1 Å². The highest BCUT2D eigenvalue weighted by Crippen LogP contribution is 2.40. The summed E-state index contributed by atoms with van der Waals surface area (Å²) in [5.74, 6) is 1.13. The van der Waals surface area contributed by atoms with Crippen LogP contribution in [0.2, 0.25) is 5.02 Å². The Morgan fingerprint density at radius 1 is 0.935 bits per heavy atom. The van der Waals surface area contributed by atoms with Gasteiger partial charge in [0.25, 0.3) is 10.0 Å². The molecule has 0 N–H and O–H groups in total. The minimum absolute atomic E-state index is 0.171. The summed E-state index contributed by atoms with van der Waals surface area (Å²) in [6, 6.07) is 20.3. The summed E-state index contributed by atoms with van der Waals surface area (Å²) in [5.41, 5.74) is 2.06. The Balaban J connectivity index is 1.82. The van der Waals surface area contributed by atoms with Crippen LogP contribution in [0.3, 0.4) is 0 Å². The van der Waals surface area contributed by atoms with Crippen molar-refractivity contribution in [2.45, 2.75) is 17.4 Å². The monoisotopic (exact) mass is 456 g/mol. The number of hydrogen-bond donors (Lipinski definition) is 0. The first kappa shape index (κ1) is 21.2. The fourth-order valence-electron chi connectivity index (χ4n) is 3.58. The van der Waals surface area contributed by atoms with Crippen molar-refractivity contribution < 1.29 is 17.9 Å². The summed E-state index contributed by atoms with van der Waals surface area (Å²) in [5, 5.41) is 5.03. The number of halogens is 1. The molecule has 160 valence electrons. The van der Waals surface area contributed by atoms with Gasteiger partial charge in [-0.25, -0.2) is 0 Å². The van der Waals surface area contributed by atoms with Crippen LogP contribution in [-0.4, -0.2) is 32.8 Å². The van der Waals surface area contributed by atoms with Crippen LogP contribution in [0.25, 0.3) is 0 Å². The SMILES string of the molecule is COc1ccc(C2=NN(S(=O)(=O)c3ccccc3)[C@@H](c3ccccc3Cl)C2)cc1OC. The van der Waals surface area contributed by atoms with E-state index in [2.05, 4.69) is 5.10 Å². The summed E-state index contributed by atoms with van der Waals surface area (Å²) in [4.78, 5) is 0.171. The Labute approximate surface area is 186 Å². The third kappa shape index (κ3) is 3.98. The van der Waals surface area contributed by atoms with Gasteiger partial charge in [-0.1, -0.05) is 48.0 Å². The molecular weight excluding hydrogens is 436 g/mol. The molecule has 0 aliphatic carbocycles. The van der Waals surface area contributed by atoms with Crippen molar-refractivity contribution in [1.82, 2.24) is 4.41 Å². The van der Waals surface area contributed by atoms with Crippen molar-refractivity contribution >= 4 is 27.3 Å². The van der Waals surface area contributed by atoms with Crippen molar-refractivity contribution in [3.05, 3.63) is 88.9 Å². The predicted octanol–water partition coefficient (Wildman–Crippen LogP) is 4.90. The number of nitrogens with zero attached hydrogens (tertiary/aromatic N) is 2. The van der Waals surface area contributed by atoms with Gasteiger partial charge in [-0.15, -0.1) is 0 Å².